The first kappa shape index (κ1) is 35.5. The minimum absolute atomic E-state index is 0.0210. The van der Waals surface area contributed by atoms with Gasteiger partial charge in [0.1, 0.15) is 19.0 Å². The summed E-state index contributed by atoms with van der Waals surface area (Å²) in [5, 5.41) is 0. The van der Waals surface area contributed by atoms with Crippen LogP contribution in [-0.2, 0) is 29.1 Å². The number of ether oxygens (including phenoxy) is 2. The van der Waals surface area contributed by atoms with Crippen molar-refractivity contribution in [2.75, 3.05) is 13.2 Å². The predicted octanol–water partition coefficient (Wildman–Crippen LogP) is 9.55. The highest BCUT2D eigenvalue weighted by Crippen LogP contribution is 2.35. The zero-order chi connectivity index (χ0) is 34.0. The van der Waals surface area contributed by atoms with E-state index < -0.39 is 45.1 Å². The molecule has 2 heterocycles. The number of aromatic nitrogens is 3. The standard InChI is InChI=1S/C34H43F4N3O3Si2/c1-23(2)24-17-28(35)31-29(18-24)41(22-44-14-16-46(6,7)8)33(39-31)30-19-25(20-40(30)21-43-13-15-45(3,4)5)32(42)26-11-9-10-12-27(26)34(36,37)38/h9-12,17-20H,1,13-16,21-22H2,2-8H3. The van der Waals surface area contributed by atoms with E-state index in [9.17, 15) is 18.0 Å². The van der Waals surface area contributed by atoms with Gasteiger partial charge in [0.2, 0.25) is 0 Å². The van der Waals surface area contributed by atoms with Crippen LogP contribution < -0.4 is 0 Å². The van der Waals surface area contributed by atoms with Crippen molar-refractivity contribution in [2.45, 2.75) is 77.9 Å². The second-order valence-electron chi connectivity index (χ2n) is 14.1. The summed E-state index contributed by atoms with van der Waals surface area (Å²) in [5.41, 5.74) is 0.801. The molecule has 0 spiro atoms. The van der Waals surface area contributed by atoms with E-state index in [0.29, 0.717) is 41.4 Å². The Bertz CT molecular complexity index is 1730. The molecule has 4 rings (SSSR count). The van der Waals surface area contributed by atoms with E-state index >= 15 is 4.39 Å². The lowest BCUT2D eigenvalue weighted by atomic mass is 9.99. The molecule has 0 unspecified atom stereocenters. The summed E-state index contributed by atoms with van der Waals surface area (Å²) in [7, 11) is -2.81. The number of carbonyl (C=O) groups is 1. The molecule has 248 valence electrons. The van der Waals surface area contributed by atoms with Gasteiger partial charge in [-0.05, 0) is 48.8 Å². The third-order valence-corrected chi connectivity index (χ3v) is 11.0. The summed E-state index contributed by atoms with van der Waals surface area (Å²) in [5.74, 6) is -1.03. The number of halogens is 4. The molecule has 0 fully saturated rings. The molecule has 0 atom stereocenters. The number of benzene rings is 2. The van der Waals surface area contributed by atoms with Crippen LogP contribution in [0.25, 0.3) is 28.1 Å². The lowest BCUT2D eigenvalue weighted by Crippen LogP contribution is -2.22. The number of nitrogens with zero attached hydrogens (tertiary/aromatic N) is 3. The van der Waals surface area contributed by atoms with Gasteiger partial charge < -0.3 is 14.0 Å². The molecule has 0 aliphatic heterocycles. The second kappa shape index (κ2) is 13.8. The molecule has 2 aromatic carbocycles. The molecule has 0 amide bonds. The SMILES string of the molecule is C=C(C)c1cc(F)c2nc(-c3cc(C(=O)c4ccccc4C(F)(F)F)cn3COCC[Si](C)(C)C)n(COCC[Si](C)(C)C)c2c1. The zero-order valence-corrected chi connectivity index (χ0v) is 29.6. The summed E-state index contributed by atoms with van der Waals surface area (Å²) in [6, 6.07) is 11.2. The van der Waals surface area contributed by atoms with Crippen molar-refractivity contribution in [3.05, 3.63) is 83.3 Å². The molecule has 0 bridgehead atoms. The zero-order valence-electron chi connectivity index (χ0n) is 27.6. The lowest BCUT2D eigenvalue weighted by Gasteiger charge is -2.17. The monoisotopic (exact) mass is 673 g/mol. The fourth-order valence-corrected chi connectivity index (χ4v) is 6.36. The van der Waals surface area contributed by atoms with E-state index in [2.05, 4.69) is 50.8 Å². The normalized spacial score (nSPS) is 12.7. The van der Waals surface area contributed by atoms with Crippen LogP contribution in [0.15, 0.2) is 55.2 Å². The largest absolute Gasteiger partial charge is 0.417 e. The molecule has 0 aliphatic rings. The molecule has 0 saturated heterocycles. The number of rotatable bonds is 14. The Morgan fingerprint density at radius 3 is 2.11 bits per heavy atom. The Morgan fingerprint density at radius 1 is 0.913 bits per heavy atom. The summed E-state index contributed by atoms with van der Waals surface area (Å²) in [6.07, 6.45) is -3.23. The Labute approximate surface area is 270 Å². The first-order valence-corrected chi connectivity index (χ1v) is 22.7. The molecule has 0 radical (unpaired) electrons. The van der Waals surface area contributed by atoms with Gasteiger partial charge in [0, 0.05) is 46.7 Å². The fourth-order valence-electron chi connectivity index (χ4n) is 4.84. The number of hydrogen-bond acceptors (Lipinski definition) is 4. The molecule has 0 saturated carbocycles. The quantitative estimate of drug-likeness (QED) is 0.0579. The summed E-state index contributed by atoms with van der Waals surface area (Å²) in [6.45, 7) is 20.2. The Hall–Kier alpha value is -3.33. The van der Waals surface area contributed by atoms with E-state index in [1.807, 2.05) is 0 Å². The molecule has 46 heavy (non-hydrogen) atoms. The Morgan fingerprint density at radius 2 is 1.52 bits per heavy atom. The van der Waals surface area contributed by atoms with Gasteiger partial charge in [-0.2, -0.15) is 13.2 Å². The first-order valence-electron chi connectivity index (χ1n) is 15.3. The molecule has 2 aromatic heterocycles. The molecule has 0 N–H and O–H groups in total. The number of allylic oxidation sites excluding steroid dienone is 1. The van der Waals surface area contributed by atoms with Gasteiger partial charge in [-0.15, -0.1) is 0 Å². The average molecular weight is 674 g/mol. The van der Waals surface area contributed by atoms with Gasteiger partial charge in [0.15, 0.2) is 17.4 Å². The summed E-state index contributed by atoms with van der Waals surface area (Å²) in [4.78, 5) is 18.3. The van der Waals surface area contributed by atoms with E-state index in [1.165, 1.54) is 36.5 Å². The maximum absolute atomic E-state index is 15.5. The molecule has 6 nitrogen and oxygen atoms in total. The number of alkyl halides is 3. The van der Waals surface area contributed by atoms with Crippen molar-refractivity contribution in [1.29, 1.82) is 0 Å². The molecular weight excluding hydrogens is 631 g/mol. The summed E-state index contributed by atoms with van der Waals surface area (Å²) < 4.78 is 72.6. The van der Waals surface area contributed by atoms with Crippen LogP contribution in [0, 0.1) is 5.82 Å². The van der Waals surface area contributed by atoms with Crippen molar-refractivity contribution in [3.8, 4) is 11.5 Å². The van der Waals surface area contributed by atoms with Gasteiger partial charge in [0.25, 0.3) is 0 Å². The third kappa shape index (κ3) is 8.72. The lowest BCUT2D eigenvalue weighted by molar-refractivity contribution is -0.137. The first-order chi connectivity index (χ1) is 21.4. The average Bonchev–Trinajstić information content (AvgIpc) is 3.53. The number of fused-ring (bicyclic) bond motifs is 1. The minimum atomic E-state index is -4.71. The maximum Gasteiger partial charge on any atom is 0.417 e. The van der Waals surface area contributed by atoms with Gasteiger partial charge in [-0.1, -0.05) is 69.6 Å². The number of imidazole rings is 1. The Balaban J connectivity index is 1.86. The number of hydrogen-bond donors (Lipinski definition) is 0. The van der Waals surface area contributed by atoms with Gasteiger partial charge in [0.05, 0.1) is 16.8 Å². The van der Waals surface area contributed by atoms with Gasteiger partial charge in [-0.25, -0.2) is 9.37 Å². The van der Waals surface area contributed by atoms with Crippen molar-refractivity contribution in [2.24, 2.45) is 0 Å². The Kier molecular flexibility index (Phi) is 10.7. The van der Waals surface area contributed by atoms with Crippen LogP contribution in [0.2, 0.25) is 51.4 Å². The highest BCUT2D eigenvalue weighted by molar-refractivity contribution is 6.76. The molecule has 4 aromatic rings. The van der Waals surface area contributed by atoms with Crippen molar-refractivity contribution < 1.29 is 31.8 Å². The second-order valence-corrected chi connectivity index (χ2v) is 25.4. The number of carbonyl (C=O) groups excluding carboxylic acids is 1. The van der Waals surface area contributed by atoms with Crippen LogP contribution in [0.5, 0.6) is 0 Å². The third-order valence-electron chi connectivity index (χ3n) is 7.61. The highest BCUT2D eigenvalue weighted by Gasteiger charge is 2.35. The van der Waals surface area contributed by atoms with Crippen molar-refractivity contribution in [3.63, 3.8) is 0 Å². The van der Waals surface area contributed by atoms with Gasteiger partial charge >= 0.3 is 6.18 Å². The van der Waals surface area contributed by atoms with E-state index in [0.717, 1.165) is 18.2 Å². The van der Waals surface area contributed by atoms with Gasteiger partial charge in [-0.3, -0.25) is 9.36 Å². The van der Waals surface area contributed by atoms with E-state index in [4.69, 9.17) is 9.47 Å². The van der Waals surface area contributed by atoms with Crippen LogP contribution >= 0.6 is 0 Å². The molecule has 0 aliphatic carbocycles. The van der Waals surface area contributed by atoms with Crippen LogP contribution in [0.3, 0.4) is 0 Å². The summed E-state index contributed by atoms with van der Waals surface area (Å²) >= 11 is 0. The van der Waals surface area contributed by atoms with Crippen LogP contribution in [0.4, 0.5) is 17.6 Å². The fraction of sp³-hybridized carbons (Fsp3) is 0.412. The number of ketones is 1. The van der Waals surface area contributed by atoms with Crippen LogP contribution in [0.1, 0.15) is 34.0 Å². The topological polar surface area (TPSA) is 58.3 Å². The van der Waals surface area contributed by atoms with E-state index in [1.54, 1.807) is 22.1 Å². The van der Waals surface area contributed by atoms with Crippen molar-refractivity contribution in [1.82, 2.24) is 14.1 Å². The smallest absolute Gasteiger partial charge is 0.361 e. The van der Waals surface area contributed by atoms with Crippen molar-refractivity contribution >= 4 is 38.5 Å². The van der Waals surface area contributed by atoms with Crippen LogP contribution in [-0.4, -0.2) is 49.3 Å². The van der Waals surface area contributed by atoms with E-state index in [-0.39, 0.29) is 24.5 Å². The molecule has 12 heteroatoms. The molecular formula is C34H43F4N3O3Si2. The maximum atomic E-state index is 15.5. The predicted molar refractivity (Wildman–Crippen MR) is 181 cm³/mol. The minimum Gasteiger partial charge on any atom is -0.361 e. The highest BCUT2D eigenvalue weighted by atomic mass is 28.3.